The molecule has 0 bridgehead atoms. The molecule has 0 radical (unpaired) electrons. The second-order valence-corrected chi connectivity index (χ2v) is 9.00. The van der Waals surface area contributed by atoms with E-state index in [1.54, 1.807) is 42.3 Å². The molecule has 5 rings (SSSR count). The number of piperidine rings is 1. The van der Waals surface area contributed by atoms with E-state index in [2.05, 4.69) is 5.16 Å². The fourth-order valence-corrected chi connectivity index (χ4v) is 4.89. The molecule has 0 saturated carbocycles. The first-order valence-electron chi connectivity index (χ1n) is 11.5. The molecule has 3 amide bonds. The largest absolute Gasteiger partial charge is 0.370 e. The van der Waals surface area contributed by atoms with Crippen molar-refractivity contribution in [2.24, 2.45) is 5.92 Å². The third kappa shape index (κ3) is 4.41. The molecule has 35 heavy (non-hydrogen) atoms. The zero-order valence-corrected chi connectivity index (χ0v) is 19.3. The number of carbonyl (C=O) groups excluding carboxylic acids is 3. The molecule has 9 heteroatoms. The van der Waals surface area contributed by atoms with Crippen LogP contribution in [0.1, 0.15) is 44.8 Å². The number of hydrogen-bond donors (Lipinski definition) is 0. The zero-order valence-electron chi connectivity index (χ0n) is 19.3. The lowest BCUT2D eigenvalue weighted by Crippen LogP contribution is -2.44. The van der Waals surface area contributed by atoms with Gasteiger partial charge in [-0.15, -0.1) is 0 Å². The third-order valence-electron chi connectivity index (χ3n) is 6.58. The Labute approximate surface area is 201 Å². The molecule has 3 heterocycles. The summed E-state index contributed by atoms with van der Waals surface area (Å²) in [4.78, 5) is 44.3. The van der Waals surface area contributed by atoms with Gasteiger partial charge in [0, 0.05) is 26.2 Å². The number of benzene rings is 2. The minimum Gasteiger partial charge on any atom is -0.370 e. The Morgan fingerprint density at radius 3 is 2.77 bits per heavy atom. The van der Waals surface area contributed by atoms with Crippen LogP contribution in [0, 0.1) is 11.7 Å². The fraction of sp³-hybridized carbons (Fsp3) is 0.308. The first-order valence-corrected chi connectivity index (χ1v) is 11.5. The number of halogens is 1. The minimum absolute atomic E-state index is 0.000380. The number of hydrogen-bond acceptors (Lipinski definition) is 6. The van der Waals surface area contributed by atoms with Gasteiger partial charge in [-0.05, 0) is 42.7 Å². The van der Waals surface area contributed by atoms with Crippen molar-refractivity contribution in [1.82, 2.24) is 15.0 Å². The van der Waals surface area contributed by atoms with Crippen molar-refractivity contribution in [1.29, 1.82) is 0 Å². The van der Waals surface area contributed by atoms with E-state index in [0.29, 0.717) is 47.7 Å². The molecule has 1 saturated heterocycles. The maximum atomic E-state index is 13.6. The highest BCUT2D eigenvalue weighted by Gasteiger charge is 2.39. The Bertz CT molecular complexity index is 1280. The molecule has 0 N–H and O–H groups in total. The molecule has 180 valence electrons. The lowest BCUT2D eigenvalue weighted by molar-refractivity contribution is -0.135. The molecule has 1 aromatic heterocycles. The van der Waals surface area contributed by atoms with Gasteiger partial charge in [-0.25, -0.2) is 4.39 Å². The molecule has 2 aliphatic rings. The Hall–Kier alpha value is -4.01. The van der Waals surface area contributed by atoms with Gasteiger partial charge in [0.1, 0.15) is 17.8 Å². The molecule has 3 aromatic rings. The van der Waals surface area contributed by atoms with Crippen LogP contribution in [0.3, 0.4) is 0 Å². The van der Waals surface area contributed by atoms with E-state index in [1.807, 2.05) is 11.0 Å². The van der Waals surface area contributed by atoms with Crippen LogP contribution in [0.4, 0.5) is 10.1 Å². The van der Waals surface area contributed by atoms with Gasteiger partial charge in [-0.2, -0.15) is 0 Å². The molecule has 1 atom stereocenters. The number of anilines is 1. The predicted molar refractivity (Wildman–Crippen MR) is 125 cm³/mol. The number of fused-ring (bicyclic) bond motifs is 1. The normalized spacial score (nSPS) is 17.6. The number of aromatic nitrogens is 1. The van der Waals surface area contributed by atoms with Crippen LogP contribution in [0.25, 0.3) is 0 Å². The summed E-state index contributed by atoms with van der Waals surface area (Å²) in [5.41, 5.74) is 2.55. The van der Waals surface area contributed by atoms with Crippen molar-refractivity contribution in [2.45, 2.75) is 25.9 Å². The third-order valence-corrected chi connectivity index (χ3v) is 6.58. The van der Waals surface area contributed by atoms with Crippen molar-refractivity contribution in [3.8, 4) is 0 Å². The standard InChI is InChI=1S/C26H25FN4O4/c1-29(16-20-10-12-35-28-20)24(32)18-6-4-11-30(15-18)22-9-3-8-21-23(22)26(34)31(25(21)33)14-17-5-2-7-19(27)13-17/h2-3,5,7-10,12-13,18H,4,6,11,14-16H2,1H3. The van der Waals surface area contributed by atoms with Gasteiger partial charge in [0.15, 0.2) is 0 Å². The molecule has 0 aliphatic carbocycles. The second kappa shape index (κ2) is 9.32. The molecule has 2 aromatic carbocycles. The second-order valence-electron chi connectivity index (χ2n) is 9.00. The first kappa shape index (κ1) is 22.8. The van der Waals surface area contributed by atoms with Crippen LogP contribution in [0.15, 0.2) is 59.3 Å². The summed E-state index contributed by atoms with van der Waals surface area (Å²) in [5, 5.41) is 3.87. The number of nitrogens with zero attached hydrogens (tertiary/aromatic N) is 4. The SMILES string of the molecule is CN(Cc1ccon1)C(=O)C1CCCN(c2cccc3c2C(=O)N(Cc2cccc(F)c2)C3=O)C1. The van der Waals surface area contributed by atoms with Gasteiger partial charge in [0.05, 0.1) is 35.8 Å². The lowest BCUT2D eigenvalue weighted by atomic mass is 9.95. The van der Waals surface area contributed by atoms with Crippen LogP contribution < -0.4 is 4.90 Å². The van der Waals surface area contributed by atoms with Gasteiger partial charge in [0.2, 0.25) is 5.91 Å². The van der Waals surface area contributed by atoms with Gasteiger partial charge in [0.25, 0.3) is 11.8 Å². The summed E-state index contributed by atoms with van der Waals surface area (Å²) in [6, 6.07) is 12.8. The van der Waals surface area contributed by atoms with Crippen molar-refractivity contribution >= 4 is 23.4 Å². The number of amides is 3. The molecule has 8 nitrogen and oxygen atoms in total. The number of rotatable bonds is 6. The van der Waals surface area contributed by atoms with E-state index in [-0.39, 0.29) is 18.4 Å². The van der Waals surface area contributed by atoms with Crippen LogP contribution >= 0.6 is 0 Å². The van der Waals surface area contributed by atoms with Crippen LogP contribution in [0.2, 0.25) is 0 Å². The van der Waals surface area contributed by atoms with Crippen LogP contribution in [-0.4, -0.2) is 52.8 Å². The van der Waals surface area contributed by atoms with Gasteiger partial charge >= 0.3 is 0 Å². The van der Waals surface area contributed by atoms with E-state index in [9.17, 15) is 18.8 Å². The highest BCUT2D eigenvalue weighted by Crippen LogP contribution is 2.35. The van der Waals surface area contributed by atoms with Crippen molar-refractivity contribution in [3.05, 3.63) is 83.0 Å². The summed E-state index contributed by atoms with van der Waals surface area (Å²) >= 11 is 0. The Morgan fingerprint density at radius 1 is 1.17 bits per heavy atom. The fourth-order valence-electron chi connectivity index (χ4n) is 4.89. The van der Waals surface area contributed by atoms with Crippen LogP contribution in [0.5, 0.6) is 0 Å². The van der Waals surface area contributed by atoms with E-state index in [4.69, 9.17) is 4.52 Å². The molecule has 2 aliphatic heterocycles. The molecular weight excluding hydrogens is 451 g/mol. The minimum atomic E-state index is -0.419. The quantitative estimate of drug-likeness (QED) is 0.507. The monoisotopic (exact) mass is 476 g/mol. The average molecular weight is 477 g/mol. The van der Waals surface area contributed by atoms with E-state index >= 15 is 0 Å². The van der Waals surface area contributed by atoms with Crippen molar-refractivity contribution < 1.29 is 23.3 Å². The highest BCUT2D eigenvalue weighted by molar-refractivity contribution is 6.23. The van der Waals surface area contributed by atoms with Gasteiger partial charge < -0.3 is 14.3 Å². The first-order chi connectivity index (χ1) is 16.9. The van der Waals surface area contributed by atoms with Crippen LogP contribution in [-0.2, 0) is 17.9 Å². The van der Waals surface area contributed by atoms with E-state index in [1.165, 1.54) is 18.4 Å². The summed E-state index contributed by atoms with van der Waals surface area (Å²) < 4.78 is 18.5. The zero-order chi connectivity index (χ0) is 24.5. The van der Waals surface area contributed by atoms with Gasteiger partial charge in [-0.3, -0.25) is 19.3 Å². The summed E-state index contributed by atoms with van der Waals surface area (Å²) in [5.74, 6) is -1.46. The summed E-state index contributed by atoms with van der Waals surface area (Å²) in [7, 11) is 1.74. The Balaban J connectivity index is 1.35. The highest BCUT2D eigenvalue weighted by atomic mass is 19.1. The smallest absolute Gasteiger partial charge is 0.263 e. The number of imide groups is 1. The maximum Gasteiger partial charge on any atom is 0.263 e. The lowest BCUT2D eigenvalue weighted by Gasteiger charge is -2.36. The summed E-state index contributed by atoms with van der Waals surface area (Å²) in [6.07, 6.45) is 3.00. The average Bonchev–Trinajstić information content (AvgIpc) is 3.46. The molecular formula is C26H25FN4O4. The predicted octanol–water partition coefficient (Wildman–Crippen LogP) is 3.48. The molecule has 0 spiro atoms. The maximum absolute atomic E-state index is 13.6. The van der Waals surface area contributed by atoms with Crippen molar-refractivity contribution in [2.75, 3.05) is 25.0 Å². The Kier molecular flexibility index (Phi) is 6.07. The topological polar surface area (TPSA) is 87.0 Å². The van der Waals surface area contributed by atoms with Gasteiger partial charge in [-0.1, -0.05) is 23.4 Å². The van der Waals surface area contributed by atoms with Crippen molar-refractivity contribution in [3.63, 3.8) is 0 Å². The molecule has 1 fully saturated rings. The number of carbonyl (C=O) groups is 3. The Morgan fingerprint density at radius 2 is 2.00 bits per heavy atom. The molecule has 1 unspecified atom stereocenters. The summed E-state index contributed by atoms with van der Waals surface area (Å²) in [6.45, 7) is 1.48. The van der Waals surface area contributed by atoms with E-state index < -0.39 is 17.6 Å². The van der Waals surface area contributed by atoms with E-state index in [0.717, 1.165) is 17.7 Å².